The third-order valence-corrected chi connectivity index (χ3v) is 5.62. The fourth-order valence-corrected chi connectivity index (χ4v) is 3.79. The maximum absolute atomic E-state index is 13.7. The molecule has 8 heteroatoms. The molecule has 1 aliphatic heterocycles. The molecule has 0 aliphatic carbocycles. The first-order valence-corrected chi connectivity index (χ1v) is 8.06. The van der Waals surface area contributed by atoms with Gasteiger partial charge < -0.3 is 5.73 Å². The van der Waals surface area contributed by atoms with E-state index in [0.717, 1.165) is 6.07 Å². The number of sulfonamides is 1. The second-order valence-electron chi connectivity index (χ2n) is 4.95. The summed E-state index contributed by atoms with van der Waals surface area (Å²) in [4.78, 5) is 12.6. The maximum Gasteiger partial charge on any atom is 0.246 e. The summed E-state index contributed by atoms with van der Waals surface area (Å²) in [6.45, 7) is 2.86. The largest absolute Gasteiger partial charge is 0.368 e. The molecular formula is C13H18FN3O3S. The fourth-order valence-electron chi connectivity index (χ4n) is 2.30. The van der Waals surface area contributed by atoms with Gasteiger partial charge in [0.25, 0.3) is 0 Å². The minimum Gasteiger partial charge on any atom is -0.368 e. The quantitative estimate of drug-likeness (QED) is 0.848. The number of primary amides is 1. The lowest BCUT2D eigenvalue weighted by atomic mass is 10.2. The van der Waals surface area contributed by atoms with Gasteiger partial charge in [0.1, 0.15) is 10.7 Å². The van der Waals surface area contributed by atoms with Gasteiger partial charge >= 0.3 is 0 Å². The maximum atomic E-state index is 13.7. The SMILES string of the molecule is C[C@@H](C(N)=O)N1CCN(S(=O)(=O)c2ccccc2F)CC1. The van der Waals surface area contributed by atoms with E-state index in [1.165, 1.54) is 22.5 Å². The average molecular weight is 315 g/mol. The predicted molar refractivity (Wildman–Crippen MR) is 75.4 cm³/mol. The van der Waals surface area contributed by atoms with Gasteiger partial charge in [-0.15, -0.1) is 0 Å². The van der Waals surface area contributed by atoms with Crippen LogP contribution in [0, 0.1) is 5.82 Å². The van der Waals surface area contributed by atoms with Crippen molar-refractivity contribution in [3.8, 4) is 0 Å². The molecule has 2 rings (SSSR count). The molecule has 0 aromatic heterocycles. The molecule has 1 fully saturated rings. The van der Waals surface area contributed by atoms with E-state index in [-0.39, 0.29) is 18.0 Å². The van der Waals surface area contributed by atoms with Crippen LogP contribution in [0.3, 0.4) is 0 Å². The number of piperazine rings is 1. The molecule has 0 radical (unpaired) electrons. The zero-order chi connectivity index (χ0) is 15.6. The van der Waals surface area contributed by atoms with Gasteiger partial charge in [0, 0.05) is 26.2 Å². The molecule has 1 aromatic rings. The van der Waals surface area contributed by atoms with Gasteiger partial charge in [0.2, 0.25) is 15.9 Å². The van der Waals surface area contributed by atoms with Crippen LogP contribution in [-0.4, -0.2) is 55.8 Å². The fraction of sp³-hybridized carbons (Fsp3) is 0.462. The van der Waals surface area contributed by atoms with Crippen LogP contribution in [0.1, 0.15) is 6.92 Å². The molecule has 0 spiro atoms. The molecule has 116 valence electrons. The number of amides is 1. The van der Waals surface area contributed by atoms with Gasteiger partial charge in [0.15, 0.2) is 0 Å². The summed E-state index contributed by atoms with van der Waals surface area (Å²) in [5.41, 5.74) is 5.24. The molecule has 1 saturated heterocycles. The van der Waals surface area contributed by atoms with Crippen molar-refractivity contribution in [1.82, 2.24) is 9.21 Å². The molecule has 1 aliphatic rings. The Bertz CT molecular complexity index is 627. The van der Waals surface area contributed by atoms with Crippen LogP contribution in [0.5, 0.6) is 0 Å². The first kappa shape index (κ1) is 15.9. The third-order valence-electron chi connectivity index (χ3n) is 3.69. The second kappa shape index (κ2) is 6.08. The van der Waals surface area contributed by atoms with Gasteiger partial charge in [-0.05, 0) is 19.1 Å². The Hall–Kier alpha value is -1.51. The zero-order valence-electron chi connectivity index (χ0n) is 11.7. The summed E-state index contributed by atoms with van der Waals surface area (Å²) in [7, 11) is -3.85. The van der Waals surface area contributed by atoms with Crippen LogP contribution in [0.25, 0.3) is 0 Å². The molecule has 0 bridgehead atoms. The zero-order valence-corrected chi connectivity index (χ0v) is 12.5. The van der Waals surface area contributed by atoms with Crippen LogP contribution in [0.2, 0.25) is 0 Å². The predicted octanol–water partition coefficient (Wildman–Crippen LogP) is 0.00580. The summed E-state index contributed by atoms with van der Waals surface area (Å²) in [5.74, 6) is -1.20. The summed E-state index contributed by atoms with van der Waals surface area (Å²) >= 11 is 0. The second-order valence-corrected chi connectivity index (χ2v) is 6.86. The Morgan fingerprint density at radius 2 is 1.81 bits per heavy atom. The van der Waals surface area contributed by atoms with Gasteiger partial charge in [-0.2, -0.15) is 4.31 Å². The van der Waals surface area contributed by atoms with E-state index in [4.69, 9.17) is 5.73 Å². The Kier molecular flexibility index (Phi) is 4.60. The first-order valence-electron chi connectivity index (χ1n) is 6.62. The molecule has 6 nitrogen and oxygen atoms in total. The van der Waals surface area contributed by atoms with Crippen molar-refractivity contribution < 1.29 is 17.6 Å². The summed E-state index contributed by atoms with van der Waals surface area (Å²) in [6, 6.07) is 4.87. The standard InChI is InChI=1S/C13H18FN3O3S/c1-10(13(15)18)16-6-8-17(9-7-16)21(19,20)12-5-3-2-4-11(12)14/h2-5,10H,6-9H2,1H3,(H2,15,18)/t10-/m0/s1. The minimum atomic E-state index is -3.85. The van der Waals surface area contributed by atoms with Crippen molar-refractivity contribution in [2.45, 2.75) is 17.9 Å². The van der Waals surface area contributed by atoms with Crippen LogP contribution in [0.4, 0.5) is 4.39 Å². The molecule has 1 aromatic carbocycles. The highest BCUT2D eigenvalue weighted by Gasteiger charge is 2.32. The first-order chi connectivity index (χ1) is 9.84. The third kappa shape index (κ3) is 3.22. The topological polar surface area (TPSA) is 83.7 Å². The lowest BCUT2D eigenvalue weighted by Crippen LogP contribution is -2.54. The Labute approximate surface area is 123 Å². The number of carbonyl (C=O) groups excluding carboxylic acids is 1. The number of carbonyl (C=O) groups is 1. The van der Waals surface area contributed by atoms with E-state index >= 15 is 0 Å². The van der Waals surface area contributed by atoms with Crippen molar-refractivity contribution in [2.75, 3.05) is 26.2 Å². The van der Waals surface area contributed by atoms with Crippen molar-refractivity contribution in [3.63, 3.8) is 0 Å². The van der Waals surface area contributed by atoms with Crippen molar-refractivity contribution in [3.05, 3.63) is 30.1 Å². The molecule has 2 N–H and O–H groups in total. The van der Waals surface area contributed by atoms with Gasteiger partial charge in [0.05, 0.1) is 6.04 Å². The van der Waals surface area contributed by atoms with E-state index < -0.39 is 27.8 Å². The highest BCUT2D eigenvalue weighted by molar-refractivity contribution is 7.89. The molecule has 1 heterocycles. The van der Waals surface area contributed by atoms with Crippen molar-refractivity contribution in [1.29, 1.82) is 0 Å². The summed E-state index contributed by atoms with van der Waals surface area (Å²) in [5, 5.41) is 0. The number of nitrogens with two attached hydrogens (primary N) is 1. The van der Waals surface area contributed by atoms with E-state index in [1.54, 1.807) is 6.92 Å². The van der Waals surface area contributed by atoms with Crippen LogP contribution in [-0.2, 0) is 14.8 Å². The molecular weight excluding hydrogens is 297 g/mol. The number of benzene rings is 1. The monoisotopic (exact) mass is 315 g/mol. The van der Waals surface area contributed by atoms with E-state index in [1.807, 2.05) is 4.90 Å². The Morgan fingerprint density at radius 1 is 1.24 bits per heavy atom. The lowest BCUT2D eigenvalue weighted by molar-refractivity contribution is -0.123. The molecule has 1 atom stereocenters. The molecule has 1 amide bonds. The number of hydrogen-bond acceptors (Lipinski definition) is 4. The normalized spacial score (nSPS) is 19.3. The minimum absolute atomic E-state index is 0.203. The highest BCUT2D eigenvalue weighted by atomic mass is 32.2. The number of nitrogens with zero attached hydrogens (tertiary/aromatic N) is 2. The van der Waals surface area contributed by atoms with Gasteiger partial charge in [-0.1, -0.05) is 12.1 Å². The number of hydrogen-bond donors (Lipinski definition) is 1. The summed E-state index contributed by atoms with van der Waals surface area (Å²) < 4.78 is 39.7. The number of halogens is 1. The number of rotatable bonds is 4. The van der Waals surface area contributed by atoms with Gasteiger partial charge in [-0.25, -0.2) is 12.8 Å². The van der Waals surface area contributed by atoms with Crippen LogP contribution < -0.4 is 5.73 Å². The smallest absolute Gasteiger partial charge is 0.246 e. The summed E-state index contributed by atoms with van der Waals surface area (Å²) in [6.07, 6.45) is 0. The lowest BCUT2D eigenvalue weighted by Gasteiger charge is -2.36. The highest BCUT2D eigenvalue weighted by Crippen LogP contribution is 2.20. The van der Waals surface area contributed by atoms with E-state index in [2.05, 4.69) is 0 Å². The van der Waals surface area contributed by atoms with Gasteiger partial charge in [-0.3, -0.25) is 9.69 Å². The van der Waals surface area contributed by atoms with E-state index in [9.17, 15) is 17.6 Å². The van der Waals surface area contributed by atoms with Crippen LogP contribution in [0.15, 0.2) is 29.2 Å². The molecule has 0 saturated carbocycles. The van der Waals surface area contributed by atoms with Crippen molar-refractivity contribution in [2.24, 2.45) is 5.73 Å². The van der Waals surface area contributed by atoms with Crippen molar-refractivity contribution >= 4 is 15.9 Å². The van der Waals surface area contributed by atoms with Crippen LogP contribution >= 0.6 is 0 Å². The average Bonchev–Trinajstić information content (AvgIpc) is 2.46. The molecule has 0 unspecified atom stereocenters. The van der Waals surface area contributed by atoms with E-state index in [0.29, 0.717) is 13.1 Å². The Balaban J connectivity index is 2.12. The molecule has 21 heavy (non-hydrogen) atoms. The Morgan fingerprint density at radius 3 is 2.33 bits per heavy atom.